The molecule has 0 atom stereocenters. The van der Waals surface area contributed by atoms with E-state index >= 15 is 0 Å². The lowest BCUT2D eigenvalue weighted by Crippen LogP contribution is -2.34. The predicted octanol–water partition coefficient (Wildman–Crippen LogP) is 3.29. The van der Waals surface area contributed by atoms with Gasteiger partial charge in [-0.3, -0.25) is 24.8 Å². The summed E-state index contributed by atoms with van der Waals surface area (Å²) in [5.41, 5.74) is 1.69. The van der Waals surface area contributed by atoms with E-state index in [1.54, 1.807) is 37.3 Å². The molecule has 0 N–H and O–H groups in total. The van der Waals surface area contributed by atoms with Crippen LogP contribution in [0.2, 0.25) is 0 Å². The maximum atomic E-state index is 12.8. The van der Waals surface area contributed by atoms with E-state index in [9.17, 15) is 14.9 Å². The molecule has 0 aromatic heterocycles. The Bertz CT molecular complexity index is 947. The van der Waals surface area contributed by atoms with Crippen molar-refractivity contribution in [2.45, 2.75) is 12.2 Å². The van der Waals surface area contributed by atoms with Crippen molar-refractivity contribution < 1.29 is 19.2 Å². The van der Waals surface area contributed by atoms with Crippen LogP contribution in [-0.2, 0) is 17.0 Å². The third-order valence-corrected chi connectivity index (χ3v) is 5.48. The zero-order valence-electron chi connectivity index (χ0n) is 16.2. The monoisotopic (exact) mass is 415 g/mol. The molecule has 0 aliphatic carbocycles. The molecule has 29 heavy (non-hydrogen) atoms. The van der Waals surface area contributed by atoms with Gasteiger partial charge in [-0.05, 0) is 23.3 Å². The Hall–Kier alpha value is -3.07. The smallest absolute Gasteiger partial charge is 0.269 e. The number of carbonyl (C=O) groups is 1. The van der Waals surface area contributed by atoms with Crippen molar-refractivity contribution in [1.29, 1.82) is 0 Å². The van der Waals surface area contributed by atoms with E-state index in [0.717, 1.165) is 11.1 Å². The van der Waals surface area contributed by atoms with E-state index in [4.69, 9.17) is 9.47 Å². The van der Waals surface area contributed by atoms with Gasteiger partial charge < -0.3 is 9.47 Å². The van der Waals surface area contributed by atoms with Crippen LogP contribution in [0.1, 0.15) is 11.1 Å². The first-order valence-corrected chi connectivity index (χ1v) is 9.92. The number of methoxy groups -OCH3 is 2. The Morgan fingerprint density at radius 2 is 1.97 bits per heavy atom. The van der Waals surface area contributed by atoms with Crippen LogP contribution < -0.4 is 9.47 Å². The molecule has 2 aromatic carbocycles. The molecule has 0 fully saturated rings. The predicted molar refractivity (Wildman–Crippen MR) is 112 cm³/mol. The Labute approximate surface area is 172 Å². The van der Waals surface area contributed by atoms with Crippen LogP contribution in [0.15, 0.2) is 47.5 Å². The van der Waals surface area contributed by atoms with Crippen LogP contribution in [0.4, 0.5) is 5.69 Å². The third kappa shape index (κ3) is 5.05. The highest BCUT2D eigenvalue weighted by Crippen LogP contribution is 2.28. The lowest BCUT2D eigenvalue weighted by Gasteiger charge is -2.18. The average molecular weight is 415 g/mol. The molecule has 9 heteroatoms. The van der Waals surface area contributed by atoms with Gasteiger partial charge in [-0.1, -0.05) is 30.0 Å². The van der Waals surface area contributed by atoms with Crippen molar-refractivity contribution >= 4 is 28.5 Å². The Balaban J connectivity index is 1.63. The third-order valence-electron chi connectivity index (χ3n) is 4.40. The molecular formula is C20H21N3O5S. The minimum atomic E-state index is -0.416. The SMILES string of the molecule is COc1ccc(CC(=O)N2CCN=C2SCc2cccc([N+](=O)[O-])c2)cc1OC. The number of carbonyl (C=O) groups excluding carboxylic acids is 1. The van der Waals surface area contributed by atoms with Crippen LogP contribution in [-0.4, -0.2) is 48.2 Å². The van der Waals surface area contributed by atoms with Crippen LogP contribution in [0.5, 0.6) is 11.5 Å². The summed E-state index contributed by atoms with van der Waals surface area (Å²) in [6, 6.07) is 11.9. The second kappa shape index (κ2) is 9.42. The molecule has 1 aliphatic heterocycles. The molecular weight excluding hydrogens is 394 g/mol. The van der Waals surface area contributed by atoms with Crippen molar-refractivity contribution in [3.8, 4) is 11.5 Å². The number of benzene rings is 2. The lowest BCUT2D eigenvalue weighted by molar-refractivity contribution is -0.384. The molecule has 8 nitrogen and oxygen atoms in total. The summed E-state index contributed by atoms with van der Waals surface area (Å²) in [7, 11) is 3.12. The van der Waals surface area contributed by atoms with Gasteiger partial charge in [-0.15, -0.1) is 0 Å². The molecule has 0 saturated carbocycles. The van der Waals surface area contributed by atoms with Gasteiger partial charge in [0.05, 0.1) is 32.1 Å². The summed E-state index contributed by atoms with van der Waals surface area (Å²) in [4.78, 5) is 29.4. The molecule has 0 radical (unpaired) electrons. The number of hydrogen-bond acceptors (Lipinski definition) is 7. The molecule has 0 unspecified atom stereocenters. The highest BCUT2D eigenvalue weighted by Gasteiger charge is 2.24. The summed E-state index contributed by atoms with van der Waals surface area (Å²) in [6.07, 6.45) is 0.219. The largest absolute Gasteiger partial charge is 0.493 e. The van der Waals surface area contributed by atoms with Crippen molar-refractivity contribution in [3.05, 3.63) is 63.7 Å². The highest BCUT2D eigenvalue weighted by molar-refractivity contribution is 8.13. The fourth-order valence-electron chi connectivity index (χ4n) is 2.95. The van der Waals surface area contributed by atoms with E-state index in [2.05, 4.69) is 4.99 Å². The van der Waals surface area contributed by atoms with E-state index in [1.807, 2.05) is 12.1 Å². The zero-order valence-corrected chi connectivity index (χ0v) is 17.0. The standard InChI is InChI=1S/C20H21N3O5S/c1-27-17-7-6-14(11-18(17)28-2)12-19(24)22-9-8-21-20(22)29-13-15-4-3-5-16(10-15)23(25)26/h3-7,10-11H,8-9,12-13H2,1-2H3. The Morgan fingerprint density at radius 3 is 2.69 bits per heavy atom. The van der Waals surface area contributed by atoms with Crippen molar-refractivity contribution in [2.24, 2.45) is 4.99 Å². The van der Waals surface area contributed by atoms with E-state index in [-0.39, 0.29) is 18.0 Å². The molecule has 0 spiro atoms. The molecule has 0 saturated heterocycles. The van der Waals surface area contributed by atoms with Gasteiger partial charge in [0.1, 0.15) is 0 Å². The van der Waals surface area contributed by atoms with Crippen molar-refractivity contribution in [3.63, 3.8) is 0 Å². The molecule has 1 aliphatic rings. The molecule has 2 aromatic rings. The van der Waals surface area contributed by atoms with Gasteiger partial charge in [-0.2, -0.15) is 0 Å². The van der Waals surface area contributed by atoms with Crippen LogP contribution in [0, 0.1) is 10.1 Å². The number of ether oxygens (including phenoxy) is 2. The molecule has 1 amide bonds. The number of amidine groups is 1. The summed E-state index contributed by atoms with van der Waals surface area (Å²) < 4.78 is 10.5. The summed E-state index contributed by atoms with van der Waals surface area (Å²) in [6.45, 7) is 1.08. The Kier molecular flexibility index (Phi) is 6.71. The van der Waals surface area contributed by atoms with Gasteiger partial charge in [-0.25, -0.2) is 0 Å². The molecule has 3 rings (SSSR count). The maximum Gasteiger partial charge on any atom is 0.269 e. The van der Waals surface area contributed by atoms with Crippen molar-refractivity contribution in [2.75, 3.05) is 27.3 Å². The van der Waals surface area contributed by atoms with Crippen LogP contribution >= 0.6 is 11.8 Å². The van der Waals surface area contributed by atoms with E-state index in [1.165, 1.54) is 23.9 Å². The van der Waals surface area contributed by atoms with Gasteiger partial charge in [0.15, 0.2) is 16.7 Å². The molecule has 152 valence electrons. The van der Waals surface area contributed by atoms with Gasteiger partial charge in [0, 0.05) is 24.4 Å². The second-order valence-electron chi connectivity index (χ2n) is 6.29. The first-order chi connectivity index (χ1) is 14.0. The summed E-state index contributed by atoms with van der Waals surface area (Å²) >= 11 is 1.41. The minimum absolute atomic E-state index is 0.0536. The number of amides is 1. The fraction of sp³-hybridized carbons (Fsp3) is 0.300. The topological polar surface area (TPSA) is 94.3 Å². The van der Waals surface area contributed by atoms with E-state index < -0.39 is 4.92 Å². The number of rotatable bonds is 7. The number of hydrogen-bond donors (Lipinski definition) is 0. The van der Waals surface area contributed by atoms with E-state index in [0.29, 0.717) is 35.5 Å². The van der Waals surface area contributed by atoms with Crippen LogP contribution in [0.25, 0.3) is 0 Å². The summed E-state index contributed by atoms with van der Waals surface area (Å²) in [5.74, 6) is 1.63. The van der Waals surface area contributed by atoms with Gasteiger partial charge >= 0.3 is 0 Å². The maximum absolute atomic E-state index is 12.8. The molecule has 0 bridgehead atoms. The first-order valence-electron chi connectivity index (χ1n) is 8.93. The van der Waals surface area contributed by atoms with Crippen LogP contribution in [0.3, 0.4) is 0 Å². The normalized spacial score (nSPS) is 13.2. The molecule has 1 heterocycles. The number of thioether (sulfide) groups is 1. The fourth-order valence-corrected chi connectivity index (χ4v) is 3.96. The van der Waals surface area contributed by atoms with Gasteiger partial charge in [0.25, 0.3) is 5.69 Å². The van der Waals surface area contributed by atoms with Gasteiger partial charge in [0.2, 0.25) is 5.91 Å². The van der Waals surface area contributed by atoms with Crippen molar-refractivity contribution in [1.82, 2.24) is 4.90 Å². The summed E-state index contributed by atoms with van der Waals surface area (Å²) in [5, 5.41) is 11.6. The number of nitro groups is 1. The zero-order chi connectivity index (χ0) is 20.8. The number of aliphatic imine (C=N–C) groups is 1. The number of nitro benzene ring substituents is 1. The quantitative estimate of drug-likeness (QED) is 0.509. The number of non-ortho nitro benzene ring substituents is 1. The average Bonchev–Trinajstić information content (AvgIpc) is 3.21. The highest BCUT2D eigenvalue weighted by atomic mass is 32.2. The first kappa shape index (κ1) is 20.7. The minimum Gasteiger partial charge on any atom is -0.493 e. The number of nitrogens with zero attached hydrogens (tertiary/aromatic N) is 3. The second-order valence-corrected chi connectivity index (χ2v) is 7.23. The lowest BCUT2D eigenvalue weighted by atomic mass is 10.1. The Morgan fingerprint density at radius 1 is 1.17 bits per heavy atom.